The number of hydrogen-bond donors (Lipinski definition) is 1. The van der Waals surface area contributed by atoms with Crippen molar-refractivity contribution in [1.29, 1.82) is 0 Å². The fraction of sp³-hybridized carbons (Fsp3) is 0.190. The van der Waals surface area contributed by atoms with E-state index in [2.05, 4.69) is 10.3 Å². The first kappa shape index (κ1) is 23.8. The van der Waals surface area contributed by atoms with Crippen LogP contribution >= 0.6 is 23.4 Å². The molecule has 0 unspecified atom stereocenters. The van der Waals surface area contributed by atoms with Crippen LogP contribution in [0.25, 0.3) is 6.08 Å². The number of hydrogen-bond acceptors (Lipinski definition) is 7. The van der Waals surface area contributed by atoms with E-state index < -0.39 is 16.0 Å². The lowest BCUT2D eigenvalue weighted by atomic mass is 10.2. The summed E-state index contributed by atoms with van der Waals surface area (Å²) in [7, 11) is -4.15. The van der Waals surface area contributed by atoms with Crippen LogP contribution in [0.1, 0.15) is 25.0 Å². The highest BCUT2D eigenvalue weighted by Crippen LogP contribution is 2.40. The van der Waals surface area contributed by atoms with Crippen molar-refractivity contribution >= 4 is 56.5 Å². The predicted octanol–water partition coefficient (Wildman–Crippen LogP) is 3.92. The number of rotatable bonds is 6. The van der Waals surface area contributed by atoms with Crippen LogP contribution in [-0.2, 0) is 19.7 Å². The van der Waals surface area contributed by atoms with Gasteiger partial charge in [-0.1, -0.05) is 29.3 Å². The van der Waals surface area contributed by atoms with E-state index in [1.165, 1.54) is 37.3 Å². The number of nitrogens with one attached hydrogen (secondary N) is 1. The Morgan fingerprint density at radius 3 is 2.56 bits per heavy atom. The molecule has 168 valence electrons. The molecular weight excluding hydrogens is 476 g/mol. The van der Waals surface area contributed by atoms with Gasteiger partial charge in [0.25, 0.3) is 5.91 Å². The molecule has 1 N–H and O–H groups in total. The van der Waals surface area contributed by atoms with Gasteiger partial charge in [0.1, 0.15) is 4.90 Å². The van der Waals surface area contributed by atoms with E-state index in [-0.39, 0.29) is 44.0 Å². The van der Waals surface area contributed by atoms with Gasteiger partial charge in [-0.15, -0.1) is 0 Å². The Morgan fingerprint density at radius 1 is 1.25 bits per heavy atom. The van der Waals surface area contributed by atoms with E-state index in [1.54, 1.807) is 19.1 Å². The summed E-state index contributed by atoms with van der Waals surface area (Å²) in [5.74, 6) is -0.920. The molecule has 3 rings (SSSR count). The number of carbonyl (C=O) groups excluding carboxylic acids is 2. The number of nitrogens with zero attached hydrogens (tertiary/aromatic N) is 1. The number of aryl methyl sites for hydroxylation is 1. The normalized spacial score (nSPS) is 14.9. The van der Waals surface area contributed by atoms with Crippen molar-refractivity contribution < 1.29 is 26.9 Å². The number of benzene rings is 2. The SMILES string of the molecule is CCOc1cc(/C=C2/SC(NC(C)=O)=NC2=O)cc(Cl)c1OS(=O)(=O)c1ccc(C)cc1. The van der Waals surface area contributed by atoms with Crippen LogP contribution in [0.15, 0.2) is 51.2 Å². The Bertz CT molecular complexity index is 1240. The fourth-order valence-electron chi connectivity index (χ4n) is 2.64. The molecular formula is C21H19ClN2O6S2. The number of ether oxygens (including phenoxy) is 1. The zero-order valence-electron chi connectivity index (χ0n) is 17.3. The molecule has 0 bridgehead atoms. The third-order valence-corrected chi connectivity index (χ3v) is 6.45. The molecule has 1 aliphatic heterocycles. The third kappa shape index (κ3) is 5.70. The van der Waals surface area contributed by atoms with Gasteiger partial charge in [0.05, 0.1) is 16.5 Å². The topological polar surface area (TPSA) is 111 Å². The number of amidine groups is 1. The van der Waals surface area contributed by atoms with Crippen LogP contribution < -0.4 is 14.2 Å². The molecule has 0 saturated heterocycles. The van der Waals surface area contributed by atoms with Crippen molar-refractivity contribution in [2.45, 2.75) is 25.7 Å². The van der Waals surface area contributed by atoms with Gasteiger partial charge in [-0.25, -0.2) is 0 Å². The first-order valence-electron chi connectivity index (χ1n) is 9.36. The second kappa shape index (κ2) is 9.76. The van der Waals surface area contributed by atoms with E-state index >= 15 is 0 Å². The van der Waals surface area contributed by atoms with Crippen LogP contribution in [0.2, 0.25) is 5.02 Å². The molecule has 11 heteroatoms. The van der Waals surface area contributed by atoms with Crippen molar-refractivity contribution in [3.8, 4) is 11.5 Å². The minimum absolute atomic E-state index is 0.0167. The Morgan fingerprint density at radius 2 is 1.94 bits per heavy atom. The van der Waals surface area contributed by atoms with Gasteiger partial charge < -0.3 is 14.2 Å². The lowest BCUT2D eigenvalue weighted by Gasteiger charge is -2.14. The molecule has 0 fully saturated rings. The maximum atomic E-state index is 12.7. The molecule has 0 spiro atoms. The quantitative estimate of drug-likeness (QED) is 0.478. The summed E-state index contributed by atoms with van der Waals surface area (Å²) >= 11 is 7.33. The van der Waals surface area contributed by atoms with Crippen molar-refractivity contribution in [2.24, 2.45) is 4.99 Å². The average molecular weight is 495 g/mol. The lowest BCUT2D eigenvalue weighted by Crippen LogP contribution is -2.23. The largest absolute Gasteiger partial charge is 0.490 e. The smallest absolute Gasteiger partial charge is 0.339 e. The number of aliphatic imine (C=N–C) groups is 1. The molecule has 0 radical (unpaired) electrons. The Labute approximate surface area is 194 Å². The lowest BCUT2D eigenvalue weighted by molar-refractivity contribution is -0.117. The van der Waals surface area contributed by atoms with E-state index in [0.29, 0.717) is 5.56 Å². The molecule has 2 aromatic carbocycles. The van der Waals surface area contributed by atoms with Gasteiger partial charge in [-0.2, -0.15) is 13.4 Å². The second-order valence-corrected chi connectivity index (χ2v) is 9.61. The first-order chi connectivity index (χ1) is 15.1. The standard InChI is InChI=1S/C21H19ClN2O6S2/c1-4-29-17-10-14(11-18-20(26)24-21(31-18)23-13(3)25)9-16(22)19(17)30-32(27,28)15-7-5-12(2)6-8-15/h5-11H,4H2,1-3H3,(H,23,24,25,26)/b18-11+. The van der Waals surface area contributed by atoms with Gasteiger partial charge in [-0.05, 0) is 61.5 Å². The van der Waals surface area contributed by atoms with Crippen molar-refractivity contribution in [1.82, 2.24) is 5.32 Å². The monoisotopic (exact) mass is 494 g/mol. The van der Waals surface area contributed by atoms with Crippen LogP contribution in [0.3, 0.4) is 0 Å². The molecule has 2 amide bonds. The molecule has 0 atom stereocenters. The summed E-state index contributed by atoms with van der Waals surface area (Å²) in [6.45, 7) is 5.10. The van der Waals surface area contributed by atoms with E-state index in [0.717, 1.165) is 17.3 Å². The molecule has 2 aromatic rings. The molecule has 0 aromatic heterocycles. The summed E-state index contributed by atoms with van der Waals surface area (Å²) in [5, 5.41) is 2.62. The Kier molecular flexibility index (Phi) is 7.27. The maximum Gasteiger partial charge on any atom is 0.339 e. The summed E-state index contributed by atoms with van der Waals surface area (Å²) in [5.41, 5.74) is 1.37. The van der Waals surface area contributed by atoms with Gasteiger partial charge in [-0.3, -0.25) is 9.59 Å². The minimum Gasteiger partial charge on any atom is -0.490 e. The fourth-order valence-corrected chi connectivity index (χ4v) is 4.76. The van der Waals surface area contributed by atoms with Crippen LogP contribution in [0.4, 0.5) is 0 Å². The van der Waals surface area contributed by atoms with Crippen LogP contribution in [0, 0.1) is 6.92 Å². The highest BCUT2D eigenvalue weighted by Gasteiger charge is 2.25. The van der Waals surface area contributed by atoms with Gasteiger partial charge in [0.2, 0.25) is 11.7 Å². The highest BCUT2D eigenvalue weighted by molar-refractivity contribution is 8.18. The third-order valence-electron chi connectivity index (χ3n) is 4.04. The van der Waals surface area contributed by atoms with Gasteiger partial charge in [0, 0.05) is 6.92 Å². The van der Waals surface area contributed by atoms with Crippen LogP contribution in [0.5, 0.6) is 11.5 Å². The maximum absolute atomic E-state index is 12.7. The molecule has 32 heavy (non-hydrogen) atoms. The highest BCUT2D eigenvalue weighted by atomic mass is 35.5. The summed E-state index contributed by atoms with van der Waals surface area (Å²) < 4.78 is 36.3. The zero-order valence-corrected chi connectivity index (χ0v) is 19.7. The number of amides is 2. The summed E-state index contributed by atoms with van der Waals surface area (Å²) in [4.78, 5) is 27.3. The summed E-state index contributed by atoms with van der Waals surface area (Å²) in [6, 6.07) is 9.14. The molecule has 1 heterocycles. The number of thioether (sulfide) groups is 1. The predicted molar refractivity (Wildman–Crippen MR) is 123 cm³/mol. The molecule has 1 aliphatic rings. The first-order valence-corrected chi connectivity index (χ1v) is 12.0. The van der Waals surface area contributed by atoms with Crippen LogP contribution in [-0.4, -0.2) is 32.0 Å². The van der Waals surface area contributed by atoms with E-state index in [4.69, 9.17) is 20.5 Å². The summed E-state index contributed by atoms with van der Waals surface area (Å²) in [6.07, 6.45) is 1.51. The Hall–Kier alpha value is -2.82. The van der Waals surface area contributed by atoms with Crippen molar-refractivity contribution in [3.63, 3.8) is 0 Å². The van der Waals surface area contributed by atoms with Crippen molar-refractivity contribution in [3.05, 3.63) is 57.5 Å². The Balaban J connectivity index is 1.93. The molecule has 0 aliphatic carbocycles. The second-order valence-electron chi connectivity index (χ2n) is 6.63. The zero-order chi connectivity index (χ0) is 23.5. The van der Waals surface area contributed by atoms with Gasteiger partial charge in [0.15, 0.2) is 10.9 Å². The number of halogens is 1. The van der Waals surface area contributed by atoms with E-state index in [9.17, 15) is 18.0 Å². The number of carbonyl (C=O) groups is 2. The van der Waals surface area contributed by atoms with Crippen molar-refractivity contribution in [2.75, 3.05) is 6.61 Å². The van der Waals surface area contributed by atoms with Gasteiger partial charge >= 0.3 is 10.1 Å². The molecule has 8 nitrogen and oxygen atoms in total. The molecule has 0 saturated carbocycles. The average Bonchev–Trinajstić information content (AvgIpc) is 3.03. The minimum atomic E-state index is -4.15. The van der Waals surface area contributed by atoms with E-state index in [1.807, 2.05) is 6.92 Å².